The summed E-state index contributed by atoms with van der Waals surface area (Å²) in [6.07, 6.45) is 3.10. The van der Waals surface area contributed by atoms with Crippen LogP contribution in [-0.4, -0.2) is 29.7 Å². The number of anilines is 1. The number of rotatable bonds is 6. The summed E-state index contributed by atoms with van der Waals surface area (Å²) in [5.41, 5.74) is 0.331. The van der Waals surface area contributed by atoms with Crippen molar-refractivity contribution < 1.29 is 13.9 Å². The molecule has 1 amide bonds. The highest BCUT2D eigenvalue weighted by atomic mass is 32.2. The van der Waals surface area contributed by atoms with Crippen LogP contribution in [0.15, 0.2) is 18.2 Å². The van der Waals surface area contributed by atoms with E-state index in [-0.39, 0.29) is 5.82 Å². The highest BCUT2D eigenvalue weighted by Crippen LogP contribution is 2.25. The van der Waals surface area contributed by atoms with Crippen molar-refractivity contribution in [2.45, 2.75) is 52.2 Å². The molecule has 2 N–H and O–H groups in total. The molecule has 0 aliphatic carbocycles. The lowest BCUT2D eigenvalue weighted by molar-refractivity contribution is 0.0635. The molecule has 1 aliphatic heterocycles. The topological polar surface area (TPSA) is 50.4 Å². The maximum absolute atomic E-state index is 14.2. The highest BCUT2D eigenvalue weighted by molar-refractivity contribution is 7.99. The van der Waals surface area contributed by atoms with Crippen molar-refractivity contribution in [1.82, 2.24) is 5.32 Å². The third kappa shape index (κ3) is 7.24. The van der Waals surface area contributed by atoms with Gasteiger partial charge in [-0.1, -0.05) is 6.07 Å². The van der Waals surface area contributed by atoms with Crippen LogP contribution in [0, 0.1) is 11.7 Å². The third-order valence-electron chi connectivity index (χ3n) is 4.13. The summed E-state index contributed by atoms with van der Waals surface area (Å²) in [5, 5.41) is 5.97. The maximum Gasteiger partial charge on any atom is 0.412 e. The second kappa shape index (κ2) is 9.43. The molecule has 1 saturated heterocycles. The molecule has 1 aromatic rings. The van der Waals surface area contributed by atoms with Gasteiger partial charge < -0.3 is 10.1 Å². The summed E-state index contributed by atoms with van der Waals surface area (Å²) in [7, 11) is 0. The van der Waals surface area contributed by atoms with Gasteiger partial charge in [-0.3, -0.25) is 5.32 Å². The molecule has 6 heteroatoms. The van der Waals surface area contributed by atoms with E-state index in [2.05, 4.69) is 10.6 Å². The summed E-state index contributed by atoms with van der Waals surface area (Å²) in [6, 6.07) is 4.70. The number of ether oxygens (including phenoxy) is 1. The molecule has 0 unspecified atom stereocenters. The van der Waals surface area contributed by atoms with Crippen molar-refractivity contribution in [3.63, 3.8) is 0 Å². The van der Waals surface area contributed by atoms with E-state index in [1.165, 1.54) is 30.4 Å². The van der Waals surface area contributed by atoms with E-state index in [4.69, 9.17) is 4.74 Å². The summed E-state index contributed by atoms with van der Waals surface area (Å²) in [5.74, 6) is 2.95. The van der Waals surface area contributed by atoms with Crippen molar-refractivity contribution >= 4 is 23.5 Å². The van der Waals surface area contributed by atoms with E-state index < -0.39 is 11.7 Å². The van der Waals surface area contributed by atoms with Crippen LogP contribution in [-0.2, 0) is 11.3 Å². The van der Waals surface area contributed by atoms with Gasteiger partial charge in [0.2, 0.25) is 0 Å². The molecule has 0 saturated carbocycles. The maximum atomic E-state index is 14.2. The first kappa shape index (κ1) is 20.0. The summed E-state index contributed by atoms with van der Waals surface area (Å²) in [6.45, 7) is 6.63. The molecule has 1 aliphatic rings. The standard InChI is InChI=1S/C19H29FN2O2S/c1-19(2,3)24-18(23)22-17-6-4-5-16(20)15(17)13-21-10-7-14-8-11-25-12-9-14/h4-6,14,21H,7-13H2,1-3H3,(H,22,23). The van der Waals surface area contributed by atoms with Gasteiger partial charge in [0.25, 0.3) is 0 Å². The normalized spacial score (nSPS) is 15.8. The molecule has 25 heavy (non-hydrogen) atoms. The fourth-order valence-corrected chi connectivity index (χ4v) is 4.03. The quantitative estimate of drug-likeness (QED) is 0.709. The van der Waals surface area contributed by atoms with Crippen LogP contribution in [0.2, 0.25) is 0 Å². The van der Waals surface area contributed by atoms with E-state index in [1.54, 1.807) is 32.9 Å². The zero-order chi connectivity index (χ0) is 18.3. The molecule has 140 valence electrons. The van der Waals surface area contributed by atoms with Crippen molar-refractivity contribution in [2.24, 2.45) is 5.92 Å². The van der Waals surface area contributed by atoms with E-state index >= 15 is 0 Å². The Bertz CT molecular complexity index is 569. The molecule has 0 bridgehead atoms. The third-order valence-corrected chi connectivity index (χ3v) is 5.18. The van der Waals surface area contributed by atoms with Gasteiger partial charge in [-0.15, -0.1) is 0 Å². The predicted molar refractivity (Wildman–Crippen MR) is 103 cm³/mol. The van der Waals surface area contributed by atoms with Gasteiger partial charge in [-0.05, 0) is 76.1 Å². The van der Waals surface area contributed by atoms with Crippen molar-refractivity contribution in [3.8, 4) is 0 Å². The first-order valence-electron chi connectivity index (χ1n) is 8.91. The first-order chi connectivity index (χ1) is 11.8. The Morgan fingerprint density at radius 3 is 2.72 bits per heavy atom. The molecular weight excluding hydrogens is 339 g/mol. The molecule has 4 nitrogen and oxygen atoms in total. The smallest absolute Gasteiger partial charge is 0.412 e. The molecular formula is C19H29FN2O2S. The van der Waals surface area contributed by atoms with Crippen LogP contribution in [0.5, 0.6) is 0 Å². The second-order valence-electron chi connectivity index (χ2n) is 7.41. The van der Waals surface area contributed by atoms with Gasteiger partial charge in [0.1, 0.15) is 11.4 Å². The molecule has 1 fully saturated rings. The fourth-order valence-electron chi connectivity index (χ4n) is 2.82. The number of halogens is 1. The summed E-state index contributed by atoms with van der Waals surface area (Å²) >= 11 is 2.03. The molecule has 2 rings (SSSR count). The van der Waals surface area contributed by atoms with Gasteiger partial charge in [0.05, 0.1) is 5.69 Å². The van der Waals surface area contributed by atoms with Crippen LogP contribution in [0.4, 0.5) is 14.9 Å². The first-order valence-corrected chi connectivity index (χ1v) is 10.1. The summed E-state index contributed by atoms with van der Waals surface area (Å²) in [4.78, 5) is 11.9. The van der Waals surface area contributed by atoms with E-state index in [0.717, 1.165) is 18.9 Å². The SMILES string of the molecule is CC(C)(C)OC(=O)Nc1cccc(F)c1CNCCC1CCSCC1. The van der Waals surface area contributed by atoms with Crippen molar-refractivity contribution in [1.29, 1.82) is 0 Å². The van der Waals surface area contributed by atoms with Crippen molar-refractivity contribution in [2.75, 3.05) is 23.4 Å². The Morgan fingerprint density at radius 2 is 2.04 bits per heavy atom. The Hall–Kier alpha value is -1.27. The van der Waals surface area contributed by atoms with Gasteiger partial charge in [0, 0.05) is 12.1 Å². The highest BCUT2D eigenvalue weighted by Gasteiger charge is 2.18. The average Bonchev–Trinajstić information content (AvgIpc) is 2.52. The zero-order valence-corrected chi connectivity index (χ0v) is 16.2. The number of carbonyl (C=O) groups is 1. The lowest BCUT2D eigenvalue weighted by Gasteiger charge is -2.22. The number of thioether (sulfide) groups is 1. The number of benzene rings is 1. The number of carbonyl (C=O) groups excluding carboxylic acids is 1. The molecule has 0 spiro atoms. The van der Waals surface area contributed by atoms with Gasteiger partial charge in [-0.2, -0.15) is 11.8 Å². The Kier molecular flexibility index (Phi) is 7.56. The predicted octanol–water partition coefficient (Wildman–Crippen LogP) is 4.80. The number of hydrogen-bond acceptors (Lipinski definition) is 4. The second-order valence-corrected chi connectivity index (χ2v) is 8.64. The van der Waals surface area contributed by atoms with Gasteiger partial charge in [0.15, 0.2) is 0 Å². The molecule has 1 heterocycles. The average molecular weight is 369 g/mol. The van der Waals surface area contributed by atoms with Crippen molar-refractivity contribution in [3.05, 3.63) is 29.6 Å². The number of hydrogen-bond donors (Lipinski definition) is 2. The molecule has 0 atom stereocenters. The number of amides is 1. The Balaban J connectivity index is 1.87. The Labute approximate surface area is 154 Å². The lowest BCUT2D eigenvalue weighted by Crippen LogP contribution is -2.28. The number of nitrogens with one attached hydrogen (secondary N) is 2. The van der Waals surface area contributed by atoms with E-state index in [0.29, 0.717) is 17.8 Å². The monoisotopic (exact) mass is 368 g/mol. The largest absolute Gasteiger partial charge is 0.444 e. The molecule has 0 radical (unpaired) electrons. The van der Waals surface area contributed by atoms with Crippen LogP contribution in [0.3, 0.4) is 0 Å². The zero-order valence-electron chi connectivity index (χ0n) is 15.4. The van der Waals surface area contributed by atoms with Crippen LogP contribution < -0.4 is 10.6 Å². The van der Waals surface area contributed by atoms with E-state index in [9.17, 15) is 9.18 Å². The minimum atomic E-state index is -0.589. The van der Waals surface area contributed by atoms with Gasteiger partial charge >= 0.3 is 6.09 Å². The van der Waals surface area contributed by atoms with Crippen LogP contribution in [0.25, 0.3) is 0 Å². The lowest BCUT2D eigenvalue weighted by atomic mass is 9.99. The molecule has 1 aromatic carbocycles. The van der Waals surface area contributed by atoms with Crippen LogP contribution in [0.1, 0.15) is 45.6 Å². The van der Waals surface area contributed by atoms with Crippen LogP contribution >= 0.6 is 11.8 Å². The minimum absolute atomic E-state index is 0.324. The van der Waals surface area contributed by atoms with Gasteiger partial charge in [-0.25, -0.2) is 9.18 Å². The minimum Gasteiger partial charge on any atom is -0.444 e. The summed E-state index contributed by atoms with van der Waals surface area (Å²) < 4.78 is 19.4. The Morgan fingerprint density at radius 1 is 1.32 bits per heavy atom. The fraction of sp³-hybridized carbons (Fsp3) is 0.632. The van der Waals surface area contributed by atoms with E-state index in [1.807, 2.05) is 11.8 Å². The molecule has 0 aromatic heterocycles.